The lowest BCUT2D eigenvalue weighted by atomic mass is 10.1. The van der Waals surface area contributed by atoms with Crippen molar-refractivity contribution in [2.24, 2.45) is 0 Å². The summed E-state index contributed by atoms with van der Waals surface area (Å²) in [7, 11) is 0. The highest BCUT2D eigenvalue weighted by Crippen LogP contribution is 2.30. The summed E-state index contributed by atoms with van der Waals surface area (Å²) in [5.74, 6) is 0.542. The molecule has 32 heavy (non-hydrogen) atoms. The largest absolute Gasteiger partial charge is 0.489 e. The van der Waals surface area contributed by atoms with E-state index in [1.54, 1.807) is 24.0 Å². The number of hydrogen-bond acceptors (Lipinski definition) is 5. The van der Waals surface area contributed by atoms with Gasteiger partial charge in [-0.3, -0.25) is 14.4 Å². The van der Waals surface area contributed by atoms with Gasteiger partial charge in [-0.1, -0.05) is 30.3 Å². The summed E-state index contributed by atoms with van der Waals surface area (Å²) in [4.78, 5) is 38.8. The van der Waals surface area contributed by atoms with Crippen molar-refractivity contribution in [2.75, 3.05) is 13.1 Å². The van der Waals surface area contributed by atoms with Crippen LogP contribution in [0.5, 0.6) is 5.75 Å². The van der Waals surface area contributed by atoms with Crippen LogP contribution >= 0.6 is 0 Å². The second kappa shape index (κ2) is 8.03. The molecule has 1 aromatic heterocycles. The van der Waals surface area contributed by atoms with Gasteiger partial charge in [-0.25, -0.2) is 0 Å². The molecule has 0 aliphatic carbocycles. The Morgan fingerprint density at radius 3 is 2.81 bits per heavy atom. The van der Waals surface area contributed by atoms with Crippen LogP contribution in [0.1, 0.15) is 28.1 Å². The van der Waals surface area contributed by atoms with E-state index in [0.29, 0.717) is 47.6 Å². The number of piperazine rings is 1. The molecular weight excluding hydrogens is 410 g/mol. The molecule has 0 spiro atoms. The van der Waals surface area contributed by atoms with Crippen LogP contribution in [0.3, 0.4) is 0 Å². The number of carbonyl (C=O) groups is 3. The fraction of sp³-hybridized carbons (Fsp3) is 0.292. The second-order valence-corrected chi connectivity index (χ2v) is 8.15. The summed E-state index contributed by atoms with van der Waals surface area (Å²) in [5, 5.41) is 6.23. The van der Waals surface area contributed by atoms with Gasteiger partial charge in [-0.2, -0.15) is 0 Å². The van der Waals surface area contributed by atoms with Gasteiger partial charge in [0.05, 0.1) is 12.1 Å². The Balaban J connectivity index is 1.34. The molecule has 2 saturated heterocycles. The topological polar surface area (TPSA) is 101 Å². The van der Waals surface area contributed by atoms with Crippen LogP contribution in [0.15, 0.2) is 52.9 Å². The molecule has 2 aliphatic heterocycles. The van der Waals surface area contributed by atoms with E-state index in [2.05, 4.69) is 10.6 Å². The summed E-state index contributed by atoms with van der Waals surface area (Å²) >= 11 is 0. The zero-order chi connectivity index (χ0) is 22.2. The van der Waals surface area contributed by atoms with Gasteiger partial charge < -0.3 is 24.7 Å². The molecule has 2 N–H and O–H groups in total. The molecule has 0 bridgehead atoms. The van der Waals surface area contributed by atoms with Gasteiger partial charge in [-0.05, 0) is 37.1 Å². The first kappa shape index (κ1) is 20.1. The minimum absolute atomic E-state index is 0.00718. The highest BCUT2D eigenvalue weighted by molar-refractivity contribution is 6.07. The van der Waals surface area contributed by atoms with Gasteiger partial charge in [0.25, 0.3) is 5.91 Å². The standard InChI is InChI=1S/C24H23N3O5/c1-14-22(24(30)26-16-9-19-23(29)25-11-21(28)27(19)12-16)18-10-17(7-8-20(18)32-14)31-13-15-5-3-2-4-6-15/h2-8,10,16,19H,9,11-13H2,1H3,(H,25,29)(H,26,30)/t16-,19-/m0/s1. The third-order valence-corrected chi connectivity index (χ3v) is 5.98. The van der Waals surface area contributed by atoms with Crippen molar-refractivity contribution in [2.45, 2.75) is 32.0 Å². The van der Waals surface area contributed by atoms with Crippen molar-refractivity contribution in [3.8, 4) is 5.75 Å². The number of fused-ring (bicyclic) bond motifs is 2. The Kier molecular flexibility index (Phi) is 5.05. The first-order valence-electron chi connectivity index (χ1n) is 10.6. The molecule has 2 atom stereocenters. The molecule has 164 valence electrons. The predicted octanol–water partition coefficient (Wildman–Crippen LogP) is 2.15. The number of rotatable bonds is 5. The van der Waals surface area contributed by atoms with Crippen LogP contribution < -0.4 is 15.4 Å². The van der Waals surface area contributed by atoms with E-state index in [4.69, 9.17) is 9.15 Å². The Bertz CT molecular complexity index is 1180. The number of nitrogens with one attached hydrogen (secondary N) is 2. The molecule has 0 radical (unpaired) electrons. The molecule has 0 saturated carbocycles. The van der Waals surface area contributed by atoms with E-state index in [9.17, 15) is 14.4 Å². The van der Waals surface area contributed by atoms with Crippen LogP contribution in [-0.4, -0.2) is 47.8 Å². The van der Waals surface area contributed by atoms with Crippen molar-refractivity contribution < 1.29 is 23.5 Å². The smallest absolute Gasteiger partial charge is 0.255 e. The molecule has 5 rings (SSSR count). The Morgan fingerprint density at radius 1 is 1.22 bits per heavy atom. The van der Waals surface area contributed by atoms with Crippen molar-refractivity contribution in [1.82, 2.24) is 15.5 Å². The molecule has 2 aliphatic rings. The van der Waals surface area contributed by atoms with Gasteiger partial charge in [0.15, 0.2) is 0 Å². The molecule has 2 fully saturated rings. The van der Waals surface area contributed by atoms with E-state index in [1.807, 2.05) is 36.4 Å². The summed E-state index contributed by atoms with van der Waals surface area (Å²) < 4.78 is 11.7. The van der Waals surface area contributed by atoms with Crippen LogP contribution in [0, 0.1) is 6.92 Å². The maximum atomic E-state index is 13.1. The van der Waals surface area contributed by atoms with Crippen molar-refractivity contribution in [3.63, 3.8) is 0 Å². The highest BCUT2D eigenvalue weighted by Gasteiger charge is 2.43. The molecule has 3 heterocycles. The number of hydrogen-bond donors (Lipinski definition) is 2. The maximum absolute atomic E-state index is 13.1. The van der Waals surface area contributed by atoms with Crippen LogP contribution in [0.4, 0.5) is 0 Å². The fourth-order valence-corrected chi connectivity index (χ4v) is 4.42. The number of aryl methyl sites for hydroxylation is 1. The van der Waals surface area contributed by atoms with Crippen LogP contribution in [0.2, 0.25) is 0 Å². The van der Waals surface area contributed by atoms with Crippen molar-refractivity contribution >= 4 is 28.7 Å². The van der Waals surface area contributed by atoms with Gasteiger partial charge in [0, 0.05) is 18.0 Å². The number of amides is 3. The average molecular weight is 433 g/mol. The Morgan fingerprint density at radius 2 is 2.03 bits per heavy atom. The third kappa shape index (κ3) is 3.68. The van der Waals surface area contributed by atoms with Gasteiger partial charge in [-0.15, -0.1) is 0 Å². The van der Waals surface area contributed by atoms with E-state index >= 15 is 0 Å². The summed E-state index contributed by atoms with van der Waals surface area (Å²) in [5.41, 5.74) is 2.08. The number of nitrogens with zero attached hydrogens (tertiary/aromatic N) is 1. The monoisotopic (exact) mass is 433 g/mol. The zero-order valence-electron chi connectivity index (χ0n) is 17.6. The number of benzene rings is 2. The van der Waals surface area contributed by atoms with E-state index in [0.717, 1.165) is 5.56 Å². The third-order valence-electron chi connectivity index (χ3n) is 5.98. The predicted molar refractivity (Wildman–Crippen MR) is 116 cm³/mol. The quantitative estimate of drug-likeness (QED) is 0.642. The maximum Gasteiger partial charge on any atom is 0.255 e. The zero-order valence-corrected chi connectivity index (χ0v) is 17.6. The Hall–Kier alpha value is -3.81. The SMILES string of the molecule is Cc1oc2ccc(OCc3ccccc3)cc2c1C(=O)N[C@H]1C[C@H]2C(=O)NCC(=O)N2C1. The lowest BCUT2D eigenvalue weighted by Gasteiger charge is -2.28. The Labute approximate surface area is 184 Å². The van der Waals surface area contributed by atoms with Gasteiger partial charge in [0.1, 0.15) is 29.7 Å². The lowest BCUT2D eigenvalue weighted by molar-refractivity contribution is -0.143. The van der Waals surface area contributed by atoms with E-state index in [-0.39, 0.29) is 30.3 Å². The molecule has 8 heteroatoms. The number of furan rings is 1. The molecule has 3 aromatic rings. The second-order valence-electron chi connectivity index (χ2n) is 8.15. The number of carbonyl (C=O) groups excluding carboxylic acids is 3. The molecule has 2 aromatic carbocycles. The van der Waals surface area contributed by atoms with E-state index < -0.39 is 6.04 Å². The van der Waals surface area contributed by atoms with Gasteiger partial charge >= 0.3 is 0 Å². The normalized spacial score (nSPS) is 20.2. The first-order valence-corrected chi connectivity index (χ1v) is 10.6. The molecule has 8 nitrogen and oxygen atoms in total. The highest BCUT2D eigenvalue weighted by atomic mass is 16.5. The summed E-state index contributed by atoms with van der Waals surface area (Å²) in [6.07, 6.45) is 0.392. The lowest BCUT2D eigenvalue weighted by Crippen LogP contribution is -2.55. The van der Waals surface area contributed by atoms with Crippen LogP contribution in [-0.2, 0) is 16.2 Å². The summed E-state index contributed by atoms with van der Waals surface area (Å²) in [6, 6.07) is 14.4. The average Bonchev–Trinajstić information content (AvgIpc) is 3.36. The molecule has 0 unspecified atom stereocenters. The van der Waals surface area contributed by atoms with Gasteiger partial charge in [0.2, 0.25) is 11.8 Å². The van der Waals surface area contributed by atoms with Crippen molar-refractivity contribution in [3.05, 3.63) is 65.4 Å². The van der Waals surface area contributed by atoms with Crippen molar-refractivity contribution in [1.29, 1.82) is 0 Å². The fourth-order valence-electron chi connectivity index (χ4n) is 4.42. The van der Waals surface area contributed by atoms with E-state index in [1.165, 1.54) is 0 Å². The van der Waals surface area contributed by atoms with Crippen LogP contribution in [0.25, 0.3) is 11.0 Å². The summed E-state index contributed by atoms with van der Waals surface area (Å²) in [6.45, 7) is 2.49. The first-order chi connectivity index (χ1) is 15.5. The minimum atomic E-state index is -0.526. The molecular formula is C24H23N3O5. The molecule has 3 amide bonds. The minimum Gasteiger partial charge on any atom is -0.489 e. The number of ether oxygens (including phenoxy) is 1.